The molecule has 0 bridgehead atoms. The quantitative estimate of drug-likeness (QED) is 0.0257. The van der Waals surface area contributed by atoms with E-state index < -0.39 is 84.6 Å². The van der Waals surface area contributed by atoms with Crippen molar-refractivity contribution in [3.8, 4) is 0 Å². The van der Waals surface area contributed by atoms with Gasteiger partial charge in [0.1, 0.15) is 36.3 Å². The standard InChI is InChI=1S/C51H92N7O17P3S/c1-4-5-6-7-8-9-10-11-12-13-14-15-16-17-18-19-20-21-22-23-24-25-26-27-28-29-30-31-42(60)79-35-34-53-41(59)32-33-54-49(63)46(62)51(2,3)37-72-78(69,70)75-77(67,68)71-36-40-45(74-76(64,65)66)44(61)50(73-40)58-39-57-43-47(52)55-38-56-48(43)58/h30-31,38-40,44-46,50,61-62H,4-29,32-37H2,1-3H3,(H,53,59)(H,54,63)(H,67,68)(H,69,70)(H2,52,55,56)(H2,64,65,66)/p-4/b31-30+/t40-,44-,45-,46+,50-/m1/s1. The van der Waals surface area contributed by atoms with Gasteiger partial charge in [-0.25, -0.2) is 19.3 Å². The number of aromatic nitrogens is 4. The molecule has 0 saturated carbocycles. The van der Waals surface area contributed by atoms with Crippen LogP contribution < -0.4 is 35.9 Å². The summed E-state index contributed by atoms with van der Waals surface area (Å²) in [6, 6.07) is 0. The van der Waals surface area contributed by atoms with Gasteiger partial charge in [0.15, 0.2) is 17.7 Å². The Bertz CT molecular complexity index is 2260. The minimum atomic E-state index is -5.93. The lowest BCUT2D eigenvalue weighted by Crippen LogP contribution is -2.46. The molecule has 0 aromatic carbocycles. The molecule has 7 atom stereocenters. The molecule has 79 heavy (non-hydrogen) atoms. The van der Waals surface area contributed by atoms with Crippen LogP contribution in [0.15, 0.2) is 24.8 Å². The summed E-state index contributed by atoms with van der Waals surface area (Å²) >= 11 is 1.07. The third-order valence-electron chi connectivity index (χ3n) is 13.4. The molecule has 0 aliphatic carbocycles. The number of nitrogens with two attached hydrogens (primary N) is 1. The number of ether oxygens (including phenoxy) is 1. The van der Waals surface area contributed by atoms with Crippen LogP contribution in [0, 0.1) is 5.41 Å². The van der Waals surface area contributed by atoms with Crippen LogP contribution in [-0.4, -0.2) is 103 Å². The Labute approximate surface area is 470 Å². The highest BCUT2D eigenvalue weighted by molar-refractivity contribution is 8.14. The molecule has 6 N–H and O–H groups in total. The predicted octanol–water partition coefficient (Wildman–Crippen LogP) is 6.86. The van der Waals surface area contributed by atoms with Crippen LogP contribution in [0.5, 0.6) is 0 Å². The van der Waals surface area contributed by atoms with E-state index in [0.29, 0.717) is 5.75 Å². The van der Waals surface area contributed by atoms with E-state index in [2.05, 4.69) is 50.4 Å². The van der Waals surface area contributed by atoms with Crippen LogP contribution in [0.25, 0.3) is 11.2 Å². The van der Waals surface area contributed by atoms with Gasteiger partial charge in [-0.05, 0) is 18.9 Å². The second-order valence-corrected chi connectivity index (χ2v) is 26.0. The number of hydrogen-bond donors (Lipinski definition) is 5. The molecule has 0 radical (unpaired) electrons. The third-order valence-corrected chi connectivity index (χ3v) is 17.3. The van der Waals surface area contributed by atoms with Crippen molar-refractivity contribution < 1.29 is 80.5 Å². The highest BCUT2D eigenvalue weighted by atomic mass is 32.2. The number of phosphoric acid groups is 3. The van der Waals surface area contributed by atoms with E-state index in [1.54, 1.807) is 6.08 Å². The number of nitrogens with one attached hydrogen (secondary N) is 2. The van der Waals surface area contributed by atoms with Gasteiger partial charge in [0.05, 0.1) is 27.4 Å². The molecule has 1 fully saturated rings. The topological polar surface area (TPSA) is 375 Å². The number of aliphatic hydroxyl groups is 2. The molecule has 24 nitrogen and oxygen atoms in total. The second-order valence-electron chi connectivity index (χ2n) is 20.8. The first-order valence-electron chi connectivity index (χ1n) is 28.2. The van der Waals surface area contributed by atoms with Gasteiger partial charge >= 0.3 is 0 Å². The Morgan fingerprint density at radius 1 is 0.785 bits per heavy atom. The van der Waals surface area contributed by atoms with Gasteiger partial charge < -0.3 is 69.0 Å². The SMILES string of the molecule is CCCCCCCCCCCCCCCCCCCCCCCCCCC/C=C/C(=O)SCCNC(=O)CCNC(=O)[C@H](O)C(C)(C)COP(=O)([O-])OP(=O)([O-])OC[C@H]1O[C@@H](n2cnc3c(N)ncnc32)[C@H](O)[C@@H]1OP(=O)([O-])[O-]. The largest absolute Gasteiger partial charge is 0.790 e. The van der Waals surface area contributed by atoms with Crippen molar-refractivity contribution in [2.24, 2.45) is 5.41 Å². The molecule has 3 rings (SSSR count). The van der Waals surface area contributed by atoms with Crippen molar-refractivity contribution in [2.75, 3.05) is 37.8 Å². The zero-order valence-corrected chi connectivity index (χ0v) is 50.0. The van der Waals surface area contributed by atoms with E-state index in [0.717, 1.165) is 48.2 Å². The Hall–Kier alpha value is -2.70. The average Bonchev–Trinajstić information content (AvgIpc) is 4.12. The van der Waals surface area contributed by atoms with Crippen LogP contribution in [0.3, 0.4) is 0 Å². The van der Waals surface area contributed by atoms with Crippen molar-refractivity contribution in [3.63, 3.8) is 0 Å². The lowest BCUT2D eigenvalue weighted by Gasteiger charge is -2.36. The molecule has 1 saturated heterocycles. The average molecular weight is 1200 g/mol. The number of fused-ring (bicyclic) bond motifs is 1. The fourth-order valence-electron chi connectivity index (χ4n) is 8.89. The summed E-state index contributed by atoms with van der Waals surface area (Å²) in [6.07, 6.45) is 30.4. The lowest BCUT2D eigenvalue weighted by atomic mass is 9.87. The number of nitrogen functional groups attached to an aromatic ring is 1. The molecule has 2 aromatic rings. The summed E-state index contributed by atoms with van der Waals surface area (Å²) < 4.78 is 61.0. The Kier molecular flexibility index (Phi) is 34.1. The minimum Gasteiger partial charge on any atom is -0.790 e. The normalized spacial score (nSPS) is 18.9. The molecule has 454 valence electrons. The van der Waals surface area contributed by atoms with Crippen molar-refractivity contribution in [2.45, 2.75) is 225 Å². The molecule has 2 amide bonds. The van der Waals surface area contributed by atoms with Crippen LogP contribution in [0.2, 0.25) is 0 Å². The molecule has 1 aliphatic rings. The van der Waals surface area contributed by atoms with Crippen molar-refractivity contribution in [1.82, 2.24) is 30.2 Å². The number of anilines is 1. The number of rotatable bonds is 46. The van der Waals surface area contributed by atoms with Crippen LogP contribution in [0.4, 0.5) is 5.82 Å². The van der Waals surface area contributed by atoms with Gasteiger partial charge in [0.2, 0.25) is 16.9 Å². The molecule has 28 heteroatoms. The van der Waals surface area contributed by atoms with Crippen LogP contribution in [-0.2, 0) is 50.7 Å². The Morgan fingerprint density at radius 3 is 1.84 bits per heavy atom. The number of carbonyl (C=O) groups excluding carboxylic acids is 3. The van der Waals surface area contributed by atoms with E-state index >= 15 is 0 Å². The summed E-state index contributed by atoms with van der Waals surface area (Å²) in [4.78, 5) is 97.1. The first-order chi connectivity index (χ1) is 37.6. The summed E-state index contributed by atoms with van der Waals surface area (Å²) in [5.41, 5.74) is 4.10. The minimum absolute atomic E-state index is 0.0184. The van der Waals surface area contributed by atoms with E-state index in [9.17, 15) is 57.9 Å². The molecule has 2 aromatic heterocycles. The van der Waals surface area contributed by atoms with Crippen molar-refractivity contribution in [3.05, 3.63) is 24.8 Å². The van der Waals surface area contributed by atoms with E-state index in [-0.39, 0.29) is 41.6 Å². The van der Waals surface area contributed by atoms with Gasteiger partial charge in [-0.15, -0.1) is 0 Å². The monoisotopic (exact) mass is 1200 g/mol. The number of unbranched alkanes of at least 4 members (excludes halogenated alkanes) is 25. The summed E-state index contributed by atoms with van der Waals surface area (Å²) in [5, 5.41) is 26.4. The Balaban J connectivity index is 1.17. The van der Waals surface area contributed by atoms with E-state index in [1.165, 1.54) is 162 Å². The number of carbonyl (C=O) groups is 3. The maximum atomic E-state index is 12.7. The van der Waals surface area contributed by atoms with E-state index in [1.807, 2.05) is 6.08 Å². The molecular formula is C51H88N7O17P3S-4. The van der Waals surface area contributed by atoms with Crippen LogP contribution >= 0.6 is 35.2 Å². The van der Waals surface area contributed by atoms with Crippen molar-refractivity contribution in [1.29, 1.82) is 0 Å². The Morgan fingerprint density at radius 2 is 1.30 bits per heavy atom. The molecular weight excluding hydrogens is 1110 g/mol. The smallest absolute Gasteiger partial charge is 0.274 e. The molecule has 2 unspecified atom stereocenters. The molecule has 3 heterocycles. The fourth-order valence-corrected chi connectivity index (χ4v) is 12.2. The first kappa shape index (κ1) is 70.6. The van der Waals surface area contributed by atoms with Gasteiger partial charge in [0.25, 0.3) is 15.6 Å². The van der Waals surface area contributed by atoms with E-state index in [4.69, 9.17) is 10.5 Å². The van der Waals surface area contributed by atoms with Gasteiger partial charge in [-0.3, -0.25) is 28.1 Å². The number of phosphoric ester groups is 3. The fraction of sp³-hybridized carbons (Fsp3) is 0.804. The van der Waals surface area contributed by atoms with Gasteiger partial charge in [-0.2, -0.15) is 0 Å². The molecule has 1 aliphatic heterocycles. The van der Waals surface area contributed by atoms with Crippen molar-refractivity contribution >= 4 is 69.1 Å². The van der Waals surface area contributed by atoms with Gasteiger partial charge in [-0.1, -0.05) is 193 Å². The zero-order valence-electron chi connectivity index (χ0n) is 46.5. The maximum Gasteiger partial charge on any atom is 0.274 e. The lowest BCUT2D eigenvalue weighted by molar-refractivity contribution is -0.347. The summed E-state index contributed by atoms with van der Waals surface area (Å²) in [5.74, 6) is -1.20. The maximum absolute atomic E-state index is 12.7. The first-order valence-corrected chi connectivity index (χ1v) is 33.6. The number of amides is 2. The predicted molar refractivity (Wildman–Crippen MR) is 293 cm³/mol. The highest BCUT2D eigenvalue weighted by Crippen LogP contribution is 2.56. The highest BCUT2D eigenvalue weighted by Gasteiger charge is 2.47. The number of allylic oxidation sites excluding steroid dienone is 1. The van der Waals surface area contributed by atoms with Gasteiger partial charge in [0, 0.05) is 30.7 Å². The second kappa shape index (κ2) is 38.2. The summed E-state index contributed by atoms with van der Waals surface area (Å²) in [7, 11) is -17.6. The van der Waals surface area contributed by atoms with Crippen LogP contribution in [0.1, 0.15) is 200 Å². The zero-order chi connectivity index (χ0) is 58.2. The number of thioether (sulfide) groups is 1. The number of aliphatic hydroxyl groups excluding tert-OH is 2. The number of nitrogens with zero attached hydrogens (tertiary/aromatic N) is 4. The number of hydrogen-bond acceptors (Lipinski definition) is 22. The third kappa shape index (κ3) is 29.9. The summed E-state index contributed by atoms with van der Waals surface area (Å²) in [6.45, 7) is 2.41. The molecule has 0 spiro atoms. The number of imidazole rings is 1.